The van der Waals surface area contributed by atoms with Crippen LogP contribution in [0.3, 0.4) is 0 Å². The van der Waals surface area contributed by atoms with E-state index >= 15 is 0 Å². The molecule has 1 aliphatic rings. The van der Waals surface area contributed by atoms with Crippen molar-refractivity contribution in [2.24, 2.45) is 5.73 Å². The molecule has 2 nitrogen and oxygen atoms in total. The van der Waals surface area contributed by atoms with Crippen molar-refractivity contribution >= 4 is 0 Å². The van der Waals surface area contributed by atoms with Gasteiger partial charge in [0, 0.05) is 12.6 Å². The maximum absolute atomic E-state index is 5.76. The Morgan fingerprint density at radius 3 is 2.90 bits per heavy atom. The normalized spacial score (nSPS) is 27.6. The van der Waals surface area contributed by atoms with Crippen LogP contribution in [-0.2, 0) is 0 Å². The zero-order valence-electron chi connectivity index (χ0n) is 6.84. The molecule has 0 unspecified atom stereocenters. The van der Waals surface area contributed by atoms with Crippen molar-refractivity contribution in [2.45, 2.75) is 32.2 Å². The van der Waals surface area contributed by atoms with Crippen LogP contribution in [0.1, 0.15) is 26.2 Å². The van der Waals surface area contributed by atoms with Crippen LogP contribution in [0.4, 0.5) is 0 Å². The van der Waals surface area contributed by atoms with Crippen molar-refractivity contribution in [3.8, 4) is 0 Å². The summed E-state index contributed by atoms with van der Waals surface area (Å²) in [5.41, 5.74) is 5.76. The van der Waals surface area contributed by atoms with Crippen molar-refractivity contribution in [2.75, 3.05) is 19.6 Å². The first-order valence-electron chi connectivity index (χ1n) is 4.31. The molecule has 10 heavy (non-hydrogen) atoms. The standard InChI is InChI=1S/C8H18N2/c1-2-3-5-10-6-4-8(9)7-10/h8H,2-7,9H2,1H3/t8-/m0/s1. The van der Waals surface area contributed by atoms with E-state index in [1.165, 1.54) is 32.4 Å². The second-order valence-electron chi connectivity index (χ2n) is 3.20. The zero-order chi connectivity index (χ0) is 7.40. The van der Waals surface area contributed by atoms with Crippen molar-refractivity contribution in [3.63, 3.8) is 0 Å². The van der Waals surface area contributed by atoms with Gasteiger partial charge in [-0.05, 0) is 25.9 Å². The summed E-state index contributed by atoms with van der Waals surface area (Å²) < 4.78 is 0. The Balaban J connectivity index is 2.06. The summed E-state index contributed by atoms with van der Waals surface area (Å²) in [4.78, 5) is 2.47. The molecule has 0 aromatic carbocycles. The summed E-state index contributed by atoms with van der Waals surface area (Å²) in [7, 11) is 0. The number of likely N-dealkylation sites (tertiary alicyclic amines) is 1. The highest BCUT2D eigenvalue weighted by atomic mass is 15.2. The van der Waals surface area contributed by atoms with Crippen LogP contribution in [0.2, 0.25) is 0 Å². The van der Waals surface area contributed by atoms with Crippen LogP contribution in [0.15, 0.2) is 0 Å². The van der Waals surface area contributed by atoms with E-state index in [1.54, 1.807) is 0 Å². The molecule has 2 heteroatoms. The van der Waals surface area contributed by atoms with Gasteiger partial charge in [0.15, 0.2) is 0 Å². The number of hydrogen-bond acceptors (Lipinski definition) is 2. The fraction of sp³-hybridized carbons (Fsp3) is 1.00. The van der Waals surface area contributed by atoms with Crippen LogP contribution in [0, 0.1) is 0 Å². The van der Waals surface area contributed by atoms with Crippen molar-refractivity contribution < 1.29 is 0 Å². The number of rotatable bonds is 3. The molecular weight excluding hydrogens is 124 g/mol. The lowest BCUT2D eigenvalue weighted by Gasteiger charge is -2.13. The van der Waals surface area contributed by atoms with Crippen LogP contribution in [0.25, 0.3) is 0 Å². The van der Waals surface area contributed by atoms with E-state index in [4.69, 9.17) is 5.73 Å². The molecule has 0 aliphatic carbocycles. The Morgan fingerprint density at radius 1 is 1.60 bits per heavy atom. The summed E-state index contributed by atoms with van der Waals surface area (Å²) in [5, 5.41) is 0. The van der Waals surface area contributed by atoms with Gasteiger partial charge in [-0.1, -0.05) is 13.3 Å². The summed E-state index contributed by atoms with van der Waals surface area (Å²) in [6.45, 7) is 5.83. The largest absolute Gasteiger partial charge is 0.326 e. The van der Waals surface area contributed by atoms with Gasteiger partial charge in [-0.3, -0.25) is 0 Å². The zero-order valence-corrected chi connectivity index (χ0v) is 6.84. The molecule has 0 aromatic rings. The number of unbranched alkanes of at least 4 members (excludes halogenated alkanes) is 1. The molecular formula is C8H18N2. The van der Waals surface area contributed by atoms with Gasteiger partial charge in [0.25, 0.3) is 0 Å². The molecule has 0 aromatic heterocycles. The van der Waals surface area contributed by atoms with Gasteiger partial charge in [0.2, 0.25) is 0 Å². The first-order valence-corrected chi connectivity index (χ1v) is 4.31. The predicted octanol–water partition coefficient (Wildman–Crippen LogP) is 0.820. The van der Waals surface area contributed by atoms with E-state index in [0.717, 1.165) is 6.54 Å². The molecule has 1 saturated heterocycles. The lowest BCUT2D eigenvalue weighted by molar-refractivity contribution is 0.328. The lowest BCUT2D eigenvalue weighted by Crippen LogP contribution is -2.27. The third kappa shape index (κ3) is 2.27. The third-order valence-corrected chi connectivity index (χ3v) is 2.14. The van der Waals surface area contributed by atoms with Crippen molar-refractivity contribution in [3.05, 3.63) is 0 Å². The van der Waals surface area contributed by atoms with E-state index in [0.29, 0.717) is 6.04 Å². The molecule has 1 atom stereocenters. The Morgan fingerprint density at radius 2 is 2.40 bits per heavy atom. The Kier molecular flexibility index (Phi) is 3.16. The van der Waals surface area contributed by atoms with E-state index in [1.807, 2.05) is 0 Å². The maximum atomic E-state index is 5.76. The molecule has 0 bridgehead atoms. The maximum Gasteiger partial charge on any atom is 0.0180 e. The van der Waals surface area contributed by atoms with Crippen LogP contribution < -0.4 is 5.73 Å². The summed E-state index contributed by atoms with van der Waals surface area (Å²) in [6, 6.07) is 0.455. The molecule has 1 rings (SSSR count). The van der Waals surface area contributed by atoms with Crippen LogP contribution in [0.5, 0.6) is 0 Å². The average Bonchev–Trinajstić information content (AvgIpc) is 2.31. The SMILES string of the molecule is CCCCN1CC[C@H](N)C1. The average molecular weight is 142 g/mol. The highest BCUT2D eigenvalue weighted by molar-refractivity contribution is 4.77. The second kappa shape index (κ2) is 3.94. The topological polar surface area (TPSA) is 29.3 Å². The molecule has 1 fully saturated rings. The van der Waals surface area contributed by atoms with E-state index in [2.05, 4.69) is 11.8 Å². The van der Waals surface area contributed by atoms with Gasteiger partial charge in [0.1, 0.15) is 0 Å². The summed E-state index contributed by atoms with van der Waals surface area (Å²) >= 11 is 0. The highest BCUT2D eigenvalue weighted by Gasteiger charge is 2.17. The predicted molar refractivity (Wildman–Crippen MR) is 43.9 cm³/mol. The lowest BCUT2D eigenvalue weighted by atomic mass is 10.3. The van der Waals surface area contributed by atoms with Gasteiger partial charge < -0.3 is 10.6 Å². The van der Waals surface area contributed by atoms with Gasteiger partial charge in [-0.25, -0.2) is 0 Å². The Labute approximate surface area is 63.4 Å². The number of nitrogens with two attached hydrogens (primary N) is 1. The molecule has 0 saturated carbocycles. The fourth-order valence-electron chi connectivity index (χ4n) is 1.45. The van der Waals surface area contributed by atoms with Crippen molar-refractivity contribution in [1.82, 2.24) is 4.90 Å². The fourth-order valence-corrected chi connectivity index (χ4v) is 1.45. The molecule has 0 amide bonds. The van der Waals surface area contributed by atoms with Gasteiger partial charge >= 0.3 is 0 Å². The van der Waals surface area contributed by atoms with Crippen LogP contribution >= 0.6 is 0 Å². The van der Waals surface area contributed by atoms with Gasteiger partial charge in [-0.2, -0.15) is 0 Å². The minimum Gasteiger partial charge on any atom is -0.326 e. The molecule has 1 aliphatic heterocycles. The quantitative estimate of drug-likeness (QED) is 0.632. The molecule has 60 valence electrons. The minimum absolute atomic E-state index is 0.455. The molecule has 2 N–H and O–H groups in total. The summed E-state index contributed by atoms with van der Waals surface area (Å²) in [5.74, 6) is 0. The monoisotopic (exact) mass is 142 g/mol. The minimum atomic E-state index is 0.455. The van der Waals surface area contributed by atoms with Crippen LogP contribution in [-0.4, -0.2) is 30.6 Å². The van der Waals surface area contributed by atoms with Gasteiger partial charge in [-0.15, -0.1) is 0 Å². The molecule has 1 heterocycles. The van der Waals surface area contributed by atoms with Gasteiger partial charge in [0.05, 0.1) is 0 Å². The first-order chi connectivity index (χ1) is 4.83. The smallest absolute Gasteiger partial charge is 0.0180 e. The first kappa shape index (κ1) is 8.02. The number of hydrogen-bond donors (Lipinski definition) is 1. The third-order valence-electron chi connectivity index (χ3n) is 2.14. The number of nitrogens with zero attached hydrogens (tertiary/aromatic N) is 1. The van der Waals surface area contributed by atoms with E-state index in [-0.39, 0.29) is 0 Å². The molecule has 0 spiro atoms. The highest BCUT2D eigenvalue weighted by Crippen LogP contribution is 2.07. The van der Waals surface area contributed by atoms with Crippen molar-refractivity contribution in [1.29, 1.82) is 0 Å². The van der Waals surface area contributed by atoms with E-state index in [9.17, 15) is 0 Å². The summed E-state index contributed by atoms with van der Waals surface area (Å²) in [6.07, 6.45) is 3.82. The van der Waals surface area contributed by atoms with E-state index < -0.39 is 0 Å². The second-order valence-corrected chi connectivity index (χ2v) is 3.20. The molecule has 0 radical (unpaired) electrons. The Bertz CT molecular complexity index is 93.3. The Hall–Kier alpha value is -0.0800.